The van der Waals surface area contributed by atoms with Crippen LogP contribution in [0, 0.1) is 0 Å². The van der Waals surface area contributed by atoms with Crippen molar-refractivity contribution >= 4 is 5.97 Å². The Bertz CT molecular complexity index is 192. The molecule has 0 N–H and O–H groups in total. The molecule has 0 rings (SSSR count). The Kier molecular flexibility index (Phi) is 9.28. The van der Waals surface area contributed by atoms with E-state index >= 15 is 0 Å². The molecule has 2 heteroatoms. The molecule has 80 valence electrons. The predicted octanol–water partition coefficient (Wildman–Crippen LogP) is 3.24. The number of allylic oxidation sites excluding steroid dienone is 3. The van der Waals surface area contributed by atoms with Gasteiger partial charge in [-0.3, -0.25) is 0 Å². The summed E-state index contributed by atoms with van der Waals surface area (Å²) < 4.78 is 4.75. The van der Waals surface area contributed by atoms with Crippen molar-refractivity contribution in [2.45, 2.75) is 39.5 Å². The van der Waals surface area contributed by atoms with Gasteiger partial charge in [0.2, 0.25) is 0 Å². The zero-order valence-electron chi connectivity index (χ0n) is 9.16. The van der Waals surface area contributed by atoms with Crippen LogP contribution < -0.4 is 0 Å². The SMILES string of the molecule is CC/C=C/CCC/C=C\C(=O)OCC. The molecule has 0 aliphatic carbocycles. The quantitative estimate of drug-likeness (QED) is 0.270. The largest absolute Gasteiger partial charge is 0.463 e. The fraction of sp³-hybridized carbons (Fsp3) is 0.583. The van der Waals surface area contributed by atoms with E-state index in [1.807, 2.05) is 6.08 Å². The van der Waals surface area contributed by atoms with Crippen LogP contribution >= 0.6 is 0 Å². The normalized spacial score (nSPS) is 11.3. The number of unbranched alkanes of at least 4 members (excludes halogenated alkanes) is 2. The molecule has 0 spiro atoms. The zero-order valence-corrected chi connectivity index (χ0v) is 9.16. The highest BCUT2D eigenvalue weighted by Gasteiger charge is 1.91. The summed E-state index contributed by atoms with van der Waals surface area (Å²) in [7, 11) is 0. The Morgan fingerprint density at radius 3 is 2.50 bits per heavy atom. The molecule has 0 fully saturated rings. The molecule has 0 amide bonds. The van der Waals surface area contributed by atoms with Crippen molar-refractivity contribution < 1.29 is 9.53 Å². The van der Waals surface area contributed by atoms with E-state index < -0.39 is 0 Å². The summed E-state index contributed by atoms with van der Waals surface area (Å²) in [5.41, 5.74) is 0. The van der Waals surface area contributed by atoms with E-state index in [1.54, 1.807) is 6.92 Å². The van der Waals surface area contributed by atoms with Gasteiger partial charge in [-0.15, -0.1) is 0 Å². The third-order valence-corrected chi connectivity index (χ3v) is 1.68. The van der Waals surface area contributed by atoms with E-state index in [-0.39, 0.29) is 5.97 Å². The first-order valence-electron chi connectivity index (χ1n) is 5.29. The van der Waals surface area contributed by atoms with Crippen molar-refractivity contribution in [3.8, 4) is 0 Å². The van der Waals surface area contributed by atoms with Crippen LogP contribution in [-0.4, -0.2) is 12.6 Å². The summed E-state index contributed by atoms with van der Waals surface area (Å²) >= 11 is 0. The van der Waals surface area contributed by atoms with Gasteiger partial charge in [-0.2, -0.15) is 0 Å². The second kappa shape index (κ2) is 10.0. The molecular formula is C12H20O2. The van der Waals surface area contributed by atoms with E-state index in [0.717, 1.165) is 25.7 Å². The van der Waals surface area contributed by atoms with Gasteiger partial charge in [0, 0.05) is 6.08 Å². The first-order chi connectivity index (χ1) is 6.81. The molecule has 0 aromatic carbocycles. The highest BCUT2D eigenvalue weighted by Crippen LogP contribution is 1.98. The molecule has 0 saturated heterocycles. The number of esters is 1. The molecule has 0 aromatic heterocycles. The fourth-order valence-corrected chi connectivity index (χ4v) is 1.01. The molecule has 0 saturated carbocycles. The summed E-state index contributed by atoms with van der Waals surface area (Å²) in [5, 5.41) is 0. The smallest absolute Gasteiger partial charge is 0.330 e. The van der Waals surface area contributed by atoms with Crippen molar-refractivity contribution in [2.24, 2.45) is 0 Å². The van der Waals surface area contributed by atoms with Crippen LogP contribution in [0.15, 0.2) is 24.3 Å². The van der Waals surface area contributed by atoms with Gasteiger partial charge >= 0.3 is 5.97 Å². The average Bonchev–Trinajstić information content (AvgIpc) is 2.17. The topological polar surface area (TPSA) is 26.3 Å². The highest BCUT2D eigenvalue weighted by molar-refractivity contribution is 5.81. The van der Waals surface area contributed by atoms with Gasteiger partial charge < -0.3 is 4.74 Å². The van der Waals surface area contributed by atoms with E-state index in [1.165, 1.54) is 6.08 Å². The van der Waals surface area contributed by atoms with Crippen LogP contribution in [0.3, 0.4) is 0 Å². The Hall–Kier alpha value is -1.05. The minimum Gasteiger partial charge on any atom is -0.463 e. The molecule has 0 unspecified atom stereocenters. The summed E-state index contributed by atoms with van der Waals surface area (Å²) in [6.45, 7) is 4.38. The van der Waals surface area contributed by atoms with Crippen molar-refractivity contribution in [3.63, 3.8) is 0 Å². The molecule has 0 aliphatic heterocycles. The van der Waals surface area contributed by atoms with Crippen LogP contribution in [0.1, 0.15) is 39.5 Å². The van der Waals surface area contributed by atoms with Gasteiger partial charge in [0.25, 0.3) is 0 Å². The van der Waals surface area contributed by atoms with Crippen LogP contribution in [0.25, 0.3) is 0 Å². The van der Waals surface area contributed by atoms with Gasteiger partial charge in [0.1, 0.15) is 0 Å². The summed E-state index contributed by atoms with van der Waals surface area (Å²) in [4.78, 5) is 10.9. The minimum atomic E-state index is -0.239. The standard InChI is InChI=1S/C12H20O2/c1-3-5-6-7-8-9-10-11-12(13)14-4-2/h5-6,10-11H,3-4,7-9H2,1-2H3/b6-5+,11-10-. The van der Waals surface area contributed by atoms with Crippen molar-refractivity contribution in [1.29, 1.82) is 0 Å². The Morgan fingerprint density at radius 1 is 1.14 bits per heavy atom. The predicted molar refractivity (Wildman–Crippen MR) is 59.1 cm³/mol. The number of rotatable bonds is 7. The number of carbonyl (C=O) groups is 1. The second-order valence-electron chi connectivity index (χ2n) is 2.96. The molecule has 14 heavy (non-hydrogen) atoms. The van der Waals surface area contributed by atoms with E-state index in [0.29, 0.717) is 6.61 Å². The summed E-state index contributed by atoms with van der Waals surface area (Å²) in [6, 6.07) is 0. The average molecular weight is 196 g/mol. The van der Waals surface area contributed by atoms with Gasteiger partial charge in [-0.25, -0.2) is 4.79 Å². The van der Waals surface area contributed by atoms with Gasteiger partial charge in [-0.05, 0) is 32.6 Å². The first-order valence-corrected chi connectivity index (χ1v) is 5.29. The zero-order chi connectivity index (χ0) is 10.6. The number of carbonyl (C=O) groups excluding carboxylic acids is 1. The molecule has 0 heterocycles. The van der Waals surface area contributed by atoms with Crippen molar-refractivity contribution in [1.82, 2.24) is 0 Å². The maximum absolute atomic E-state index is 10.9. The minimum absolute atomic E-state index is 0.239. The fourth-order valence-electron chi connectivity index (χ4n) is 1.01. The monoisotopic (exact) mass is 196 g/mol. The first kappa shape index (κ1) is 12.9. The Labute approximate surface area is 86.6 Å². The molecule has 0 aromatic rings. The molecule has 2 nitrogen and oxygen atoms in total. The summed E-state index contributed by atoms with van der Waals surface area (Å²) in [6.07, 6.45) is 11.9. The van der Waals surface area contributed by atoms with Gasteiger partial charge in [0.05, 0.1) is 6.61 Å². The lowest BCUT2D eigenvalue weighted by atomic mass is 10.2. The molecule has 0 aliphatic rings. The molecule has 0 atom stereocenters. The highest BCUT2D eigenvalue weighted by atomic mass is 16.5. The number of hydrogen-bond donors (Lipinski definition) is 0. The van der Waals surface area contributed by atoms with Crippen molar-refractivity contribution in [3.05, 3.63) is 24.3 Å². The summed E-state index contributed by atoms with van der Waals surface area (Å²) in [5.74, 6) is -0.239. The van der Waals surface area contributed by atoms with Crippen LogP contribution in [0.4, 0.5) is 0 Å². The molecule has 0 bridgehead atoms. The Morgan fingerprint density at radius 2 is 1.86 bits per heavy atom. The molecular weight excluding hydrogens is 176 g/mol. The van der Waals surface area contributed by atoms with E-state index in [4.69, 9.17) is 4.74 Å². The molecule has 0 radical (unpaired) electrons. The van der Waals surface area contributed by atoms with E-state index in [2.05, 4.69) is 19.1 Å². The lowest BCUT2D eigenvalue weighted by molar-refractivity contribution is -0.137. The lowest BCUT2D eigenvalue weighted by Crippen LogP contribution is -1.98. The van der Waals surface area contributed by atoms with Crippen LogP contribution in [0.5, 0.6) is 0 Å². The number of ether oxygens (including phenoxy) is 1. The number of hydrogen-bond acceptors (Lipinski definition) is 2. The lowest BCUT2D eigenvalue weighted by Gasteiger charge is -1.94. The maximum atomic E-state index is 10.9. The third kappa shape index (κ3) is 9.04. The second-order valence-corrected chi connectivity index (χ2v) is 2.96. The third-order valence-electron chi connectivity index (χ3n) is 1.68. The Balaban J connectivity index is 3.35. The van der Waals surface area contributed by atoms with Crippen LogP contribution in [0.2, 0.25) is 0 Å². The van der Waals surface area contributed by atoms with Crippen molar-refractivity contribution in [2.75, 3.05) is 6.61 Å². The van der Waals surface area contributed by atoms with Gasteiger partial charge in [0.15, 0.2) is 0 Å². The van der Waals surface area contributed by atoms with Crippen LogP contribution in [-0.2, 0) is 9.53 Å². The maximum Gasteiger partial charge on any atom is 0.330 e. The van der Waals surface area contributed by atoms with Gasteiger partial charge in [-0.1, -0.05) is 25.2 Å². The van der Waals surface area contributed by atoms with E-state index in [9.17, 15) is 4.79 Å².